The number of hydrogen-bond acceptors (Lipinski definition) is 11. The van der Waals surface area contributed by atoms with Crippen LogP contribution in [0.1, 0.15) is 64.4 Å². The van der Waals surface area contributed by atoms with Crippen molar-refractivity contribution in [3.05, 3.63) is 24.0 Å². The lowest BCUT2D eigenvalue weighted by molar-refractivity contribution is -0.534. The van der Waals surface area contributed by atoms with Gasteiger partial charge in [0.05, 0.1) is 18.6 Å². The van der Waals surface area contributed by atoms with Crippen LogP contribution in [0, 0.1) is 22.7 Å². The number of fused-ring (bicyclic) bond motifs is 4. The first-order chi connectivity index (χ1) is 17.5. The van der Waals surface area contributed by atoms with Crippen LogP contribution in [0.3, 0.4) is 0 Å². The number of esters is 1. The summed E-state index contributed by atoms with van der Waals surface area (Å²) in [6, 6.07) is 3.11. The largest absolute Gasteiger partial charge is 0.450 e. The van der Waals surface area contributed by atoms with Gasteiger partial charge < -0.3 is 49.6 Å². The molecule has 38 heavy (non-hydrogen) atoms. The van der Waals surface area contributed by atoms with E-state index in [-0.39, 0.29) is 18.5 Å². The molecule has 5 fully saturated rings. The van der Waals surface area contributed by atoms with Crippen molar-refractivity contribution in [3.63, 3.8) is 0 Å². The Morgan fingerprint density at radius 3 is 2.47 bits per heavy atom. The maximum absolute atomic E-state index is 13.4. The number of rotatable bonds is 5. The predicted molar refractivity (Wildman–Crippen MR) is 128 cm³/mol. The molecule has 4 saturated heterocycles. The van der Waals surface area contributed by atoms with E-state index in [9.17, 15) is 30.3 Å². The number of aromatic amines is 1. The van der Waals surface area contributed by atoms with E-state index in [1.165, 1.54) is 20.1 Å². The summed E-state index contributed by atoms with van der Waals surface area (Å²) in [5.41, 5.74) is -9.55. The first kappa shape index (κ1) is 26.6. The van der Waals surface area contributed by atoms with Gasteiger partial charge in [0.15, 0.2) is 23.2 Å². The third-order valence-corrected chi connectivity index (χ3v) is 11.2. The zero-order valence-electron chi connectivity index (χ0n) is 22.4. The minimum atomic E-state index is -2.67. The molecule has 1 saturated carbocycles. The van der Waals surface area contributed by atoms with Gasteiger partial charge >= 0.3 is 5.97 Å². The number of ether oxygens (including phenoxy) is 3. The number of aliphatic hydroxyl groups is 5. The molecule has 212 valence electrons. The maximum Gasteiger partial charge on any atom is 0.355 e. The topological polar surface area (TPSA) is 183 Å². The van der Waals surface area contributed by atoms with Crippen LogP contribution in [0.15, 0.2) is 18.3 Å². The Morgan fingerprint density at radius 1 is 1.21 bits per heavy atom. The molecule has 5 bridgehead atoms. The third-order valence-electron chi connectivity index (χ3n) is 11.2. The van der Waals surface area contributed by atoms with Crippen molar-refractivity contribution >= 4 is 5.97 Å². The number of nitrogens with one attached hydrogen (secondary N) is 2. The van der Waals surface area contributed by atoms with Crippen molar-refractivity contribution in [1.29, 1.82) is 0 Å². The van der Waals surface area contributed by atoms with Crippen molar-refractivity contribution in [1.82, 2.24) is 10.5 Å². The number of hydrogen-bond donors (Lipinski definition) is 7. The van der Waals surface area contributed by atoms with Gasteiger partial charge in [-0.25, -0.2) is 4.79 Å². The maximum atomic E-state index is 13.4. The van der Waals surface area contributed by atoms with Gasteiger partial charge in [-0.05, 0) is 43.7 Å². The lowest BCUT2D eigenvalue weighted by atomic mass is 9.42. The normalized spacial score (nSPS) is 56.4. The molecule has 5 aliphatic rings. The zero-order chi connectivity index (χ0) is 27.9. The Morgan fingerprint density at radius 2 is 1.89 bits per heavy atom. The highest BCUT2D eigenvalue weighted by Gasteiger charge is 3.04. The quantitative estimate of drug-likeness (QED) is 0.196. The molecule has 0 amide bonds. The van der Waals surface area contributed by atoms with Crippen LogP contribution in [-0.4, -0.2) is 89.9 Å². The third kappa shape index (κ3) is 2.19. The standard InChI is InChI=1S/C26H38N2O10/c1-13(2)23(33)18(36-17(30)15-8-7-11-27-15)25(28-35-6)19(4)12-22(32)20(23,5)26(34,38-25)24(37-22)16(29)14(3)9-10-21(19,24)31/h7-8,11,13-14,16,18,27-29,31-34H,9-10,12H2,1-6H3/t14-,16+,18+,19-,20-,21-,22?,23+,24+,25-,26+/m0/s1. The van der Waals surface area contributed by atoms with Crippen LogP contribution in [0.4, 0.5) is 0 Å². The Bertz CT molecular complexity index is 1180. The minimum Gasteiger partial charge on any atom is -0.450 e. The fourth-order valence-corrected chi connectivity index (χ4v) is 9.13. The van der Waals surface area contributed by atoms with E-state index < -0.39 is 74.9 Å². The van der Waals surface area contributed by atoms with Crippen LogP contribution in [0.25, 0.3) is 0 Å². The summed E-state index contributed by atoms with van der Waals surface area (Å²) in [5, 5.41) is 62.3. The van der Waals surface area contributed by atoms with E-state index >= 15 is 0 Å². The highest BCUT2D eigenvalue weighted by molar-refractivity contribution is 5.87. The Labute approximate surface area is 220 Å². The first-order valence-corrected chi connectivity index (χ1v) is 13.2. The van der Waals surface area contributed by atoms with Gasteiger partial charge in [0.2, 0.25) is 5.79 Å². The second kappa shape index (κ2) is 7.17. The van der Waals surface area contributed by atoms with Crippen LogP contribution >= 0.6 is 0 Å². The zero-order valence-corrected chi connectivity index (χ0v) is 22.4. The molecule has 12 heteroatoms. The molecular formula is C26H38N2O10. The molecule has 6 rings (SSSR count). The highest BCUT2D eigenvalue weighted by atomic mass is 16.8. The van der Waals surface area contributed by atoms with Crippen molar-refractivity contribution in [2.24, 2.45) is 22.7 Å². The summed E-state index contributed by atoms with van der Waals surface area (Å²) in [4.78, 5) is 21.6. The smallest absolute Gasteiger partial charge is 0.355 e. The molecule has 4 aliphatic heterocycles. The molecular weight excluding hydrogens is 500 g/mol. The highest BCUT2D eigenvalue weighted by Crippen LogP contribution is 2.84. The molecule has 1 aromatic heterocycles. The summed E-state index contributed by atoms with van der Waals surface area (Å²) in [5.74, 6) is -7.06. The van der Waals surface area contributed by atoms with Crippen LogP contribution in [0.2, 0.25) is 0 Å². The summed E-state index contributed by atoms with van der Waals surface area (Å²) in [6.45, 7) is 8.08. The van der Waals surface area contributed by atoms with Crippen molar-refractivity contribution in [3.8, 4) is 0 Å². The molecule has 1 unspecified atom stereocenters. The van der Waals surface area contributed by atoms with Gasteiger partial charge in [-0.15, -0.1) is 0 Å². The molecule has 1 aromatic rings. The number of hydroxylamine groups is 1. The summed E-state index contributed by atoms with van der Waals surface area (Å²) in [6.07, 6.45) is -1.50. The molecule has 12 nitrogen and oxygen atoms in total. The van der Waals surface area contributed by atoms with Crippen molar-refractivity contribution in [2.45, 2.75) is 100 Å². The number of aliphatic hydroxyl groups excluding tert-OH is 1. The van der Waals surface area contributed by atoms with Gasteiger partial charge in [-0.3, -0.25) is 0 Å². The molecule has 1 spiro atoms. The van der Waals surface area contributed by atoms with Gasteiger partial charge in [-0.1, -0.05) is 27.7 Å². The van der Waals surface area contributed by atoms with Crippen molar-refractivity contribution in [2.75, 3.05) is 7.11 Å². The fraction of sp³-hybridized carbons (Fsp3) is 0.808. The van der Waals surface area contributed by atoms with E-state index in [1.807, 2.05) is 0 Å². The molecule has 5 heterocycles. The lowest BCUT2D eigenvalue weighted by Gasteiger charge is -2.76. The van der Waals surface area contributed by atoms with Gasteiger partial charge in [0.1, 0.15) is 22.3 Å². The number of aromatic nitrogens is 1. The number of H-pyrrole nitrogens is 1. The van der Waals surface area contributed by atoms with Gasteiger partial charge in [0, 0.05) is 12.6 Å². The number of carbonyl (C=O) groups excluding carboxylic acids is 1. The van der Waals surface area contributed by atoms with E-state index in [0.29, 0.717) is 6.42 Å². The monoisotopic (exact) mass is 538 g/mol. The van der Waals surface area contributed by atoms with Crippen molar-refractivity contribution < 1.29 is 49.4 Å². The van der Waals surface area contributed by atoms with Crippen LogP contribution < -0.4 is 5.48 Å². The summed E-state index contributed by atoms with van der Waals surface area (Å²) >= 11 is 0. The lowest BCUT2D eigenvalue weighted by Crippen LogP contribution is -2.96. The van der Waals surface area contributed by atoms with Crippen LogP contribution in [0.5, 0.6) is 0 Å². The molecule has 1 aliphatic carbocycles. The predicted octanol–water partition coefficient (Wildman–Crippen LogP) is -0.0973. The van der Waals surface area contributed by atoms with Gasteiger partial charge in [-0.2, -0.15) is 5.48 Å². The first-order valence-electron chi connectivity index (χ1n) is 13.2. The summed E-state index contributed by atoms with van der Waals surface area (Å²) < 4.78 is 18.9. The average molecular weight is 539 g/mol. The fourth-order valence-electron chi connectivity index (χ4n) is 9.13. The molecule has 11 atom stereocenters. The van der Waals surface area contributed by atoms with E-state index in [0.717, 1.165) is 0 Å². The van der Waals surface area contributed by atoms with E-state index in [1.54, 1.807) is 40.0 Å². The Balaban J connectivity index is 1.71. The second-order valence-electron chi connectivity index (χ2n) is 12.7. The molecule has 0 aromatic carbocycles. The second-order valence-corrected chi connectivity index (χ2v) is 12.7. The molecule has 0 radical (unpaired) electrons. The Kier molecular flexibility index (Phi) is 5.02. The molecule has 7 N–H and O–H groups in total. The average Bonchev–Trinajstić information content (AvgIpc) is 3.41. The van der Waals surface area contributed by atoms with E-state index in [4.69, 9.17) is 19.0 Å². The van der Waals surface area contributed by atoms with Crippen LogP contribution in [-0.2, 0) is 19.0 Å². The minimum absolute atomic E-state index is 0.0596. The van der Waals surface area contributed by atoms with E-state index in [2.05, 4.69) is 10.5 Å². The van der Waals surface area contributed by atoms with Gasteiger partial charge in [0.25, 0.3) is 0 Å². The Hall–Kier alpha value is -1.61. The SMILES string of the molecule is CON[C@@]12O[C@@]3(O)[C@]45OC(O)(C[C@@]1(C)[C@@]4(O)CC[C@H](C)[C@H]5O)[C@@]3(C)[C@@](O)(C(C)C)[C@H]2OC(=O)c1ccc[nH]1. The number of carbonyl (C=O) groups is 1. The summed E-state index contributed by atoms with van der Waals surface area (Å²) in [7, 11) is 1.29.